The monoisotopic (exact) mass is 338 g/mol. The van der Waals surface area contributed by atoms with Crippen molar-refractivity contribution in [3.8, 4) is 0 Å². The van der Waals surface area contributed by atoms with E-state index in [2.05, 4.69) is 50.4 Å². The number of benzene rings is 2. The number of nitrogens with one attached hydrogen (secondary N) is 1. The van der Waals surface area contributed by atoms with Crippen LogP contribution in [0.5, 0.6) is 0 Å². The van der Waals surface area contributed by atoms with Crippen molar-refractivity contribution < 1.29 is 0 Å². The minimum Gasteiger partial charge on any atom is -0.381 e. The maximum atomic E-state index is 5.98. The zero-order valence-electron chi connectivity index (χ0n) is 11.0. The standard InChI is InChI=1S/C15H16BrClN2/c1-19(2)13-5-3-4-12(9-13)18-10-11-6-7-15(17)14(16)8-11/h3-9,18H,10H2,1-2H3. The first kappa shape index (κ1) is 14.2. The number of hydrogen-bond acceptors (Lipinski definition) is 2. The third-order valence-electron chi connectivity index (χ3n) is 2.84. The number of hydrogen-bond donors (Lipinski definition) is 1. The van der Waals surface area contributed by atoms with Gasteiger partial charge in [0.25, 0.3) is 0 Å². The van der Waals surface area contributed by atoms with E-state index in [4.69, 9.17) is 11.6 Å². The minimum absolute atomic E-state index is 0.735. The third-order valence-corrected chi connectivity index (χ3v) is 4.06. The molecular weight excluding hydrogens is 324 g/mol. The van der Waals surface area contributed by atoms with Gasteiger partial charge in [-0.15, -0.1) is 0 Å². The number of rotatable bonds is 4. The number of halogens is 2. The zero-order chi connectivity index (χ0) is 13.8. The van der Waals surface area contributed by atoms with Gasteiger partial charge in [0.2, 0.25) is 0 Å². The Morgan fingerprint density at radius 2 is 1.95 bits per heavy atom. The molecule has 0 fully saturated rings. The lowest BCUT2D eigenvalue weighted by Crippen LogP contribution is -2.09. The summed E-state index contributed by atoms with van der Waals surface area (Å²) >= 11 is 9.42. The summed E-state index contributed by atoms with van der Waals surface area (Å²) in [7, 11) is 4.07. The van der Waals surface area contributed by atoms with E-state index >= 15 is 0 Å². The van der Waals surface area contributed by atoms with Crippen LogP contribution in [0.15, 0.2) is 46.9 Å². The van der Waals surface area contributed by atoms with E-state index in [9.17, 15) is 0 Å². The molecule has 0 saturated carbocycles. The fourth-order valence-electron chi connectivity index (χ4n) is 1.75. The second kappa shape index (κ2) is 6.31. The second-order valence-electron chi connectivity index (χ2n) is 4.55. The predicted octanol–water partition coefficient (Wildman–Crippen LogP) is 4.78. The normalized spacial score (nSPS) is 10.3. The van der Waals surface area contributed by atoms with E-state index in [0.717, 1.165) is 21.7 Å². The van der Waals surface area contributed by atoms with Crippen LogP contribution in [0.1, 0.15) is 5.56 Å². The Kier molecular flexibility index (Phi) is 4.72. The molecule has 19 heavy (non-hydrogen) atoms. The predicted molar refractivity (Wildman–Crippen MR) is 87.2 cm³/mol. The van der Waals surface area contributed by atoms with Crippen molar-refractivity contribution in [1.82, 2.24) is 0 Å². The van der Waals surface area contributed by atoms with Crippen molar-refractivity contribution in [3.63, 3.8) is 0 Å². The van der Waals surface area contributed by atoms with Crippen LogP contribution in [0.3, 0.4) is 0 Å². The van der Waals surface area contributed by atoms with E-state index in [1.54, 1.807) is 0 Å². The molecule has 0 bridgehead atoms. The van der Waals surface area contributed by atoms with Crippen LogP contribution >= 0.6 is 27.5 Å². The van der Waals surface area contributed by atoms with Crippen molar-refractivity contribution in [2.75, 3.05) is 24.3 Å². The molecule has 0 radical (unpaired) electrons. The maximum Gasteiger partial charge on any atom is 0.0548 e. The highest BCUT2D eigenvalue weighted by Crippen LogP contribution is 2.24. The topological polar surface area (TPSA) is 15.3 Å². The lowest BCUT2D eigenvalue weighted by Gasteiger charge is -2.14. The van der Waals surface area contributed by atoms with Gasteiger partial charge < -0.3 is 10.2 Å². The van der Waals surface area contributed by atoms with Crippen LogP contribution in [-0.4, -0.2) is 14.1 Å². The van der Waals surface area contributed by atoms with E-state index < -0.39 is 0 Å². The molecule has 100 valence electrons. The van der Waals surface area contributed by atoms with E-state index in [1.165, 1.54) is 11.3 Å². The molecule has 1 N–H and O–H groups in total. The molecule has 0 unspecified atom stereocenters. The Balaban J connectivity index is 2.05. The van der Waals surface area contributed by atoms with Gasteiger partial charge in [0.15, 0.2) is 0 Å². The van der Waals surface area contributed by atoms with Gasteiger partial charge in [0.05, 0.1) is 5.02 Å². The van der Waals surface area contributed by atoms with Gasteiger partial charge in [-0.3, -0.25) is 0 Å². The molecule has 4 heteroatoms. The quantitative estimate of drug-likeness (QED) is 0.862. The van der Waals surface area contributed by atoms with Crippen molar-refractivity contribution in [1.29, 1.82) is 0 Å². The first-order valence-corrected chi connectivity index (χ1v) is 7.18. The minimum atomic E-state index is 0.735. The van der Waals surface area contributed by atoms with Crippen LogP contribution in [-0.2, 0) is 6.54 Å². The van der Waals surface area contributed by atoms with Crippen LogP contribution in [0.4, 0.5) is 11.4 Å². The summed E-state index contributed by atoms with van der Waals surface area (Å²) in [6.45, 7) is 0.770. The maximum absolute atomic E-state index is 5.98. The molecule has 0 spiro atoms. The second-order valence-corrected chi connectivity index (χ2v) is 5.81. The molecule has 2 nitrogen and oxygen atoms in total. The molecule has 0 aromatic heterocycles. The SMILES string of the molecule is CN(C)c1cccc(NCc2ccc(Cl)c(Br)c2)c1. The van der Waals surface area contributed by atoms with Crippen molar-refractivity contribution in [2.24, 2.45) is 0 Å². The molecule has 0 aliphatic heterocycles. The molecule has 0 aliphatic carbocycles. The van der Waals surface area contributed by atoms with Gasteiger partial charge in [0, 0.05) is 36.5 Å². The van der Waals surface area contributed by atoms with Gasteiger partial charge in [-0.1, -0.05) is 23.7 Å². The Bertz CT molecular complexity index is 570. The van der Waals surface area contributed by atoms with Crippen LogP contribution < -0.4 is 10.2 Å². The molecular formula is C15H16BrClN2. The number of nitrogens with zero attached hydrogens (tertiary/aromatic N) is 1. The number of anilines is 2. The summed E-state index contributed by atoms with van der Waals surface area (Å²) < 4.78 is 0.926. The highest BCUT2D eigenvalue weighted by Gasteiger charge is 2.00. The Hall–Kier alpha value is -1.19. The van der Waals surface area contributed by atoms with Crippen molar-refractivity contribution in [2.45, 2.75) is 6.54 Å². The van der Waals surface area contributed by atoms with Gasteiger partial charge in [-0.05, 0) is 51.8 Å². The summed E-state index contributed by atoms with van der Waals surface area (Å²) in [6, 6.07) is 14.3. The van der Waals surface area contributed by atoms with Crippen LogP contribution in [0.2, 0.25) is 5.02 Å². The summed E-state index contributed by atoms with van der Waals surface area (Å²) in [5.74, 6) is 0. The molecule has 0 amide bonds. The lowest BCUT2D eigenvalue weighted by atomic mass is 10.2. The van der Waals surface area contributed by atoms with E-state index in [1.807, 2.05) is 32.3 Å². The molecule has 2 aromatic rings. The molecule has 0 atom stereocenters. The summed E-state index contributed by atoms with van der Waals surface area (Å²) in [6.07, 6.45) is 0. The average Bonchev–Trinajstić information content (AvgIpc) is 2.40. The fourth-order valence-corrected chi connectivity index (χ4v) is 2.29. The smallest absolute Gasteiger partial charge is 0.0548 e. The summed E-state index contributed by atoms with van der Waals surface area (Å²) in [5, 5.41) is 4.15. The van der Waals surface area contributed by atoms with E-state index in [-0.39, 0.29) is 0 Å². The highest BCUT2D eigenvalue weighted by molar-refractivity contribution is 9.10. The van der Waals surface area contributed by atoms with Gasteiger partial charge in [0.1, 0.15) is 0 Å². The summed E-state index contributed by atoms with van der Waals surface area (Å²) in [5.41, 5.74) is 3.48. The Morgan fingerprint density at radius 1 is 1.16 bits per heavy atom. The fraction of sp³-hybridized carbons (Fsp3) is 0.200. The van der Waals surface area contributed by atoms with Crippen molar-refractivity contribution in [3.05, 3.63) is 57.5 Å². The summed E-state index contributed by atoms with van der Waals surface area (Å²) in [4.78, 5) is 2.09. The lowest BCUT2D eigenvalue weighted by molar-refractivity contribution is 1.12. The third kappa shape index (κ3) is 3.88. The highest BCUT2D eigenvalue weighted by atomic mass is 79.9. The largest absolute Gasteiger partial charge is 0.381 e. The molecule has 2 rings (SSSR count). The van der Waals surface area contributed by atoms with Crippen LogP contribution in [0, 0.1) is 0 Å². The van der Waals surface area contributed by atoms with Gasteiger partial charge in [-0.25, -0.2) is 0 Å². The Labute approximate surface area is 127 Å². The Morgan fingerprint density at radius 3 is 2.63 bits per heavy atom. The molecule has 0 saturated heterocycles. The molecule has 2 aromatic carbocycles. The molecule has 0 aliphatic rings. The average molecular weight is 340 g/mol. The first-order valence-electron chi connectivity index (χ1n) is 6.01. The molecule has 0 heterocycles. The van der Waals surface area contributed by atoms with Gasteiger partial charge >= 0.3 is 0 Å². The van der Waals surface area contributed by atoms with Crippen LogP contribution in [0.25, 0.3) is 0 Å². The van der Waals surface area contributed by atoms with Crippen molar-refractivity contribution >= 4 is 38.9 Å². The van der Waals surface area contributed by atoms with E-state index in [0.29, 0.717) is 0 Å². The zero-order valence-corrected chi connectivity index (χ0v) is 13.3. The first-order chi connectivity index (χ1) is 9.06. The van der Waals surface area contributed by atoms with Gasteiger partial charge in [-0.2, -0.15) is 0 Å².